The number of hydrogen-bond donors (Lipinski definition) is 2. The fraction of sp³-hybridized carbons (Fsp3) is 0.0417. The average Bonchev–Trinajstić information content (AvgIpc) is 3.17. The summed E-state index contributed by atoms with van der Waals surface area (Å²) in [5.74, 6) is -0.644. The molecule has 0 atom stereocenters. The summed E-state index contributed by atoms with van der Waals surface area (Å²) in [6.07, 6.45) is 3.58. The van der Waals surface area contributed by atoms with Crippen LogP contribution in [0.1, 0.15) is 27.0 Å². The molecule has 0 saturated heterocycles. The monoisotopic (exact) mass is 428 g/mol. The van der Waals surface area contributed by atoms with Gasteiger partial charge in [-0.15, -0.1) is 0 Å². The van der Waals surface area contributed by atoms with Crippen molar-refractivity contribution in [3.05, 3.63) is 100 Å². The van der Waals surface area contributed by atoms with E-state index in [4.69, 9.17) is 16.9 Å². The van der Waals surface area contributed by atoms with E-state index in [0.717, 1.165) is 22.0 Å². The van der Waals surface area contributed by atoms with Crippen LogP contribution in [0, 0.1) is 11.3 Å². The number of rotatable bonds is 5. The molecule has 2 N–H and O–H groups in total. The Labute approximate surface area is 183 Å². The van der Waals surface area contributed by atoms with Crippen molar-refractivity contribution in [2.45, 2.75) is 6.54 Å². The van der Waals surface area contributed by atoms with E-state index in [1.807, 2.05) is 60.8 Å². The number of benzene rings is 3. The van der Waals surface area contributed by atoms with Crippen LogP contribution in [-0.2, 0) is 6.54 Å². The van der Waals surface area contributed by atoms with E-state index in [1.165, 1.54) is 18.2 Å². The summed E-state index contributed by atoms with van der Waals surface area (Å²) in [5.41, 5.74) is 5.70. The molecule has 6 nitrogen and oxygen atoms in total. The molecule has 7 heteroatoms. The van der Waals surface area contributed by atoms with Crippen LogP contribution in [-0.4, -0.2) is 21.8 Å². The van der Waals surface area contributed by atoms with Crippen LogP contribution in [0.25, 0.3) is 10.9 Å². The van der Waals surface area contributed by atoms with E-state index in [-0.39, 0.29) is 16.9 Å². The van der Waals surface area contributed by atoms with Gasteiger partial charge in [0.1, 0.15) is 11.8 Å². The molecule has 0 bridgehead atoms. The summed E-state index contributed by atoms with van der Waals surface area (Å²) in [6, 6.07) is 21.5. The number of aromatic hydroxyl groups is 1. The lowest BCUT2D eigenvalue weighted by atomic mass is 10.1. The van der Waals surface area contributed by atoms with Crippen LogP contribution in [0.2, 0.25) is 5.02 Å². The summed E-state index contributed by atoms with van der Waals surface area (Å²) in [4.78, 5) is 12.3. The van der Waals surface area contributed by atoms with Crippen LogP contribution in [0.5, 0.6) is 5.75 Å². The predicted octanol–water partition coefficient (Wildman–Crippen LogP) is 4.68. The number of hydrogen-bond acceptors (Lipinski definition) is 4. The van der Waals surface area contributed by atoms with Crippen LogP contribution in [0.4, 0.5) is 0 Å². The molecule has 1 amide bonds. The van der Waals surface area contributed by atoms with Crippen LogP contribution >= 0.6 is 11.6 Å². The van der Waals surface area contributed by atoms with Gasteiger partial charge in [-0.05, 0) is 48.0 Å². The van der Waals surface area contributed by atoms with Crippen LogP contribution < -0.4 is 5.43 Å². The molecule has 0 unspecified atom stereocenters. The third kappa shape index (κ3) is 4.42. The van der Waals surface area contributed by atoms with Crippen molar-refractivity contribution in [3.8, 4) is 11.8 Å². The number of hydrazone groups is 1. The topological polar surface area (TPSA) is 90.4 Å². The molecule has 1 aromatic heterocycles. The van der Waals surface area contributed by atoms with Crippen molar-refractivity contribution in [2.24, 2.45) is 5.10 Å². The van der Waals surface area contributed by atoms with Crippen LogP contribution in [0.15, 0.2) is 78.0 Å². The van der Waals surface area contributed by atoms with Gasteiger partial charge in [0.05, 0.1) is 11.8 Å². The smallest absolute Gasteiger partial charge is 0.271 e. The van der Waals surface area contributed by atoms with Gasteiger partial charge in [0.15, 0.2) is 0 Å². The number of amides is 1. The van der Waals surface area contributed by atoms with Gasteiger partial charge in [0.25, 0.3) is 5.91 Å². The number of phenols is 1. The lowest BCUT2D eigenvalue weighted by Gasteiger charge is -2.07. The molecule has 3 aromatic carbocycles. The fourth-order valence-corrected chi connectivity index (χ4v) is 3.53. The molecule has 0 aliphatic carbocycles. The number of nitriles is 1. The third-order valence-corrected chi connectivity index (χ3v) is 5.07. The van der Waals surface area contributed by atoms with Gasteiger partial charge in [0.2, 0.25) is 0 Å². The Morgan fingerprint density at radius 3 is 2.81 bits per heavy atom. The van der Waals surface area contributed by atoms with Crippen molar-refractivity contribution in [3.63, 3.8) is 0 Å². The summed E-state index contributed by atoms with van der Waals surface area (Å²) in [5, 5.41) is 24.3. The van der Waals surface area contributed by atoms with Gasteiger partial charge in [0, 0.05) is 39.8 Å². The average molecular weight is 429 g/mol. The van der Waals surface area contributed by atoms with E-state index >= 15 is 0 Å². The molecular weight excluding hydrogens is 412 g/mol. The Morgan fingerprint density at radius 1 is 1.16 bits per heavy atom. The van der Waals surface area contributed by atoms with Crippen molar-refractivity contribution < 1.29 is 9.90 Å². The number of aromatic nitrogens is 1. The van der Waals surface area contributed by atoms with E-state index in [2.05, 4.69) is 15.1 Å². The Morgan fingerprint density at radius 2 is 2.00 bits per heavy atom. The van der Waals surface area contributed by atoms with Gasteiger partial charge in [-0.1, -0.05) is 35.9 Å². The third-order valence-electron chi connectivity index (χ3n) is 4.84. The quantitative estimate of drug-likeness (QED) is 0.357. The first-order valence-electron chi connectivity index (χ1n) is 9.44. The van der Waals surface area contributed by atoms with Gasteiger partial charge < -0.3 is 9.67 Å². The molecule has 0 saturated carbocycles. The van der Waals surface area contributed by atoms with E-state index in [1.54, 1.807) is 6.21 Å². The molecule has 1 heterocycles. The van der Waals surface area contributed by atoms with Crippen molar-refractivity contribution in [1.29, 1.82) is 5.26 Å². The highest BCUT2D eigenvalue weighted by atomic mass is 35.5. The number of phenolic OH excluding ortho intramolecular Hbond substituents is 1. The lowest BCUT2D eigenvalue weighted by Crippen LogP contribution is -2.17. The number of fused-ring (bicyclic) bond motifs is 1. The standard InChI is InChI=1S/C24H17ClN4O2/c25-20-5-1-3-16(11-20)15-29-10-9-21-18(4-2-6-22(21)29)14-27-28-24(31)17-7-8-23(30)19(12-17)13-26/h1-12,14,30H,15H2,(H,28,31). The summed E-state index contributed by atoms with van der Waals surface area (Å²) < 4.78 is 2.12. The second kappa shape index (κ2) is 8.74. The Kier molecular flexibility index (Phi) is 5.69. The number of carbonyl (C=O) groups excluding carboxylic acids is 1. The Hall–Kier alpha value is -4.08. The maximum Gasteiger partial charge on any atom is 0.271 e. The minimum atomic E-state index is -0.474. The van der Waals surface area contributed by atoms with E-state index < -0.39 is 5.91 Å². The van der Waals surface area contributed by atoms with Crippen molar-refractivity contribution in [1.82, 2.24) is 9.99 Å². The number of carbonyl (C=O) groups is 1. The van der Waals surface area contributed by atoms with Crippen molar-refractivity contribution in [2.75, 3.05) is 0 Å². The zero-order valence-electron chi connectivity index (χ0n) is 16.3. The highest BCUT2D eigenvalue weighted by Crippen LogP contribution is 2.21. The lowest BCUT2D eigenvalue weighted by molar-refractivity contribution is 0.0955. The molecule has 152 valence electrons. The molecule has 0 aliphatic heterocycles. The fourth-order valence-electron chi connectivity index (χ4n) is 3.32. The molecule has 4 rings (SSSR count). The molecule has 0 spiro atoms. The first-order valence-corrected chi connectivity index (χ1v) is 9.82. The minimum Gasteiger partial charge on any atom is -0.507 e. The molecule has 0 fully saturated rings. The Balaban J connectivity index is 1.52. The molecule has 0 aliphatic rings. The highest BCUT2D eigenvalue weighted by molar-refractivity contribution is 6.30. The highest BCUT2D eigenvalue weighted by Gasteiger charge is 2.09. The summed E-state index contributed by atoms with van der Waals surface area (Å²) in [6.45, 7) is 0.684. The van der Waals surface area contributed by atoms with E-state index in [9.17, 15) is 9.90 Å². The SMILES string of the molecule is N#Cc1cc(C(=O)NN=Cc2cccc3c2ccn3Cc2cccc(Cl)c2)ccc1O. The maximum atomic E-state index is 12.3. The minimum absolute atomic E-state index is 0.0300. The molecule has 31 heavy (non-hydrogen) atoms. The second-order valence-electron chi connectivity index (χ2n) is 6.90. The normalized spacial score (nSPS) is 11.0. The number of nitrogens with one attached hydrogen (secondary N) is 1. The number of halogens is 1. The molecular formula is C24H17ClN4O2. The van der Waals surface area contributed by atoms with Gasteiger partial charge in [-0.3, -0.25) is 4.79 Å². The maximum absolute atomic E-state index is 12.3. The molecule has 4 aromatic rings. The first-order chi connectivity index (χ1) is 15.0. The van der Waals surface area contributed by atoms with Gasteiger partial charge in [-0.25, -0.2) is 5.43 Å². The number of nitrogens with zero attached hydrogens (tertiary/aromatic N) is 3. The Bertz CT molecular complexity index is 1350. The van der Waals surface area contributed by atoms with Gasteiger partial charge in [-0.2, -0.15) is 10.4 Å². The zero-order chi connectivity index (χ0) is 21.8. The second-order valence-corrected chi connectivity index (χ2v) is 7.33. The summed E-state index contributed by atoms with van der Waals surface area (Å²) in [7, 11) is 0. The van der Waals surface area contributed by atoms with Gasteiger partial charge >= 0.3 is 0 Å². The molecule has 0 radical (unpaired) electrons. The zero-order valence-corrected chi connectivity index (χ0v) is 17.0. The predicted molar refractivity (Wildman–Crippen MR) is 120 cm³/mol. The first kappa shape index (κ1) is 20.2. The van der Waals surface area contributed by atoms with Crippen molar-refractivity contribution >= 4 is 34.6 Å². The van der Waals surface area contributed by atoms with Crippen LogP contribution in [0.3, 0.4) is 0 Å². The summed E-state index contributed by atoms with van der Waals surface area (Å²) >= 11 is 6.09. The largest absolute Gasteiger partial charge is 0.507 e. The van der Waals surface area contributed by atoms with E-state index in [0.29, 0.717) is 11.6 Å².